The van der Waals surface area contributed by atoms with E-state index < -0.39 is 11.5 Å². The molecular formula is C7H13NO2. The minimum atomic E-state index is -0.748. The van der Waals surface area contributed by atoms with E-state index in [0.29, 0.717) is 0 Å². The number of nitrogens with two attached hydrogens (primary N) is 1. The minimum absolute atomic E-state index is 0.326. The Balaban J connectivity index is 2.68. The Morgan fingerprint density at radius 3 is 2.60 bits per heavy atom. The molecule has 58 valence electrons. The van der Waals surface area contributed by atoms with Crippen molar-refractivity contribution in [3.05, 3.63) is 0 Å². The molecule has 3 N–H and O–H groups in total. The molecule has 0 aromatic carbocycles. The Bertz CT molecular complexity index is 154. The SMILES string of the molecule is C[C@]1(N)CCC[C@H]1C(=O)O. The van der Waals surface area contributed by atoms with E-state index in [2.05, 4.69) is 0 Å². The van der Waals surface area contributed by atoms with E-state index in [1.165, 1.54) is 0 Å². The zero-order chi connectivity index (χ0) is 7.78. The summed E-state index contributed by atoms with van der Waals surface area (Å²) in [5.41, 5.74) is 5.28. The second-order valence-corrected chi connectivity index (χ2v) is 3.29. The molecule has 0 aliphatic heterocycles. The molecule has 0 heterocycles. The molecule has 1 fully saturated rings. The molecular weight excluding hydrogens is 130 g/mol. The lowest BCUT2D eigenvalue weighted by Gasteiger charge is -2.22. The van der Waals surface area contributed by atoms with Crippen LogP contribution in [0.15, 0.2) is 0 Å². The van der Waals surface area contributed by atoms with Gasteiger partial charge in [-0.1, -0.05) is 6.42 Å². The van der Waals surface area contributed by atoms with Gasteiger partial charge < -0.3 is 10.8 Å². The van der Waals surface area contributed by atoms with Crippen LogP contribution in [0.1, 0.15) is 26.2 Å². The molecule has 0 bridgehead atoms. The molecule has 2 atom stereocenters. The van der Waals surface area contributed by atoms with Crippen molar-refractivity contribution in [3.8, 4) is 0 Å². The van der Waals surface area contributed by atoms with Crippen LogP contribution in [-0.4, -0.2) is 16.6 Å². The average molecular weight is 143 g/mol. The van der Waals surface area contributed by atoms with Crippen LogP contribution >= 0.6 is 0 Å². The van der Waals surface area contributed by atoms with E-state index in [1.54, 1.807) is 0 Å². The van der Waals surface area contributed by atoms with Crippen LogP contribution in [0.25, 0.3) is 0 Å². The Morgan fingerprint density at radius 2 is 2.40 bits per heavy atom. The third-order valence-electron chi connectivity index (χ3n) is 2.30. The predicted molar refractivity (Wildman–Crippen MR) is 37.6 cm³/mol. The first-order valence-electron chi connectivity index (χ1n) is 3.56. The Hall–Kier alpha value is -0.570. The molecule has 0 amide bonds. The molecule has 0 aromatic rings. The first-order chi connectivity index (χ1) is 4.54. The molecule has 1 aliphatic carbocycles. The third-order valence-corrected chi connectivity index (χ3v) is 2.30. The number of hydrogen-bond acceptors (Lipinski definition) is 2. The van der Waals surface area contributed by atoms with Gasteiger partial charge in [0.15, 0.2) is 0 Å². The monoisotopic (exact) mass is 143 g/mol. The van der Waals surface area contributed by atoms with E-state index in [4.69, 9.17) is 10.8 Å². The molecule has 0 aromatic heterocycles. The number of carboxylic acids is 1. The zero-order valence-electron chi connectivity index (χ0n) is 6.13. The second kappa shape index (κ2) is 2.23. The van der Waals surface area contributed by atoms with Gasteiger partial charge in [-0.25, -0.2) is 0 Å². The zero-order valence-corrected chi connectivity index (χ0v) is 6.13. The maximum atomic E-state index is 10.5. The summed E-state index contributed by atoms with van der Waals surface area (Å²) in [5.74, 6) is -1.07. The van der Waals surface area contributed by atoms with E-state index >= 15 is 0 Å². The lowest BCUT2D eigenvalue weighted by molar-refractivity contribution is -0.143. The molecule has 1 aliphatic rings. The molecule has 0 radical (unpaired) electrons. The second-order valence-electron chi connectivity index (χ2n) is 3.29. The van der Waals surface area contributed by atoms with Crippen LogP contribution in [0, 0.1) is 5.92 Å². The Kier molecular flexibility index (Phi) is 1.68. The summed E-state index contributed by atoms with van der Waals surface area (Å²) in [6.07, 6.45) is 2.52. The van der Waals surface area contributed by atoms with Gasteiger partial charge in [0.1, 0.15) is 0 Å². The van der Waals surface area contributed by atoms with Crippen molar-refractivity contribution in [3.63, 3.8) is 0 Å². The number of aliphatic carboxylic acids is 1. The van der Waals surface area contributed by atoms with Gasteiger partial charge in [-0.3, -0.25) is 4.79 Å². The molecule has 0 spiro atoms. The summed E-state index contributed by atoms with van der Waals surface area (Å²) in [6, 6.07) is 0. The number of carboxylic acid groups (broad SMARTS) is 1. The molecule has 0 unspecified atom stereocenters. The van der Waals surface area contributed by atoms with Gasteiger partial charge in [-0.2, -0.15) is 0 Å². The molecule has 3 nitrogen and oxygen atoms in total. The lowest BCUT2D eigenvalue weighted by atomic mass is 9.90. The van der Waals surface area contributed by atoms with Crippen molar-refractivity contribution in [2.45, 2.75) is 31.7 Å². The molecule has 0 saturated heterocycles. The third kappa shape index (κ3) is 1.14. The predicted octanol–water partition coefficient (Wildman–Crippen LogP) is 0.589. The van der Waals surface area contributed by atoms with Crippen LogP contribution in [0.5, 0.6) is 0 Å². The fourth-order valence-corrected chi connectivity index (χ4v) is 1.60. The summed E-state index contributed by atoms with van der Waals surface area (Å²) in [6.45, 7) is 1.82. The van der Waals surface area contributed by atoms with Crippen LogP contribution in [0.3, 0.4) is 0 Å². The highest BCUT2D eigenvalue weighted by molar-refractivity contribution is 5.72. The summed E-state index contributed by atoms with van der Waals surface area (Å²) < 4.78 is 0. The van der Waals surface area contributed by atoms with Gasteiger partial charge in [0.2, 0.25) is 0 Å². The molecule has 10 heavy (non-hydrogen) atoms. The quantitative estimate of drug-likeness (QED) is 0.564. The molecule has 1 saturated carbocycles. The van der Waals surface area contributed by atoms with Crippen molar-refractivity contribution in [1.29, 1.82) is 0 Å². The van der Waals surface area contributed by atoms with Crippen LogP contribution < -0.4 is 5.73 Å². The fourth-order valence-electron chi connectivity index (χ4n) is 1.60. The number of hydrogen-bond donors (Lipinski definition) is 2. The largest absolute Gasteiger partial charge is 0.481 e. The van der Waals surface area contributed by atoms with Gasteiger partial charge in [0, 0.05) is 5.54 Å². The van der Waals surface area contributed by atoms with Crippen molar-refractivity contribution in [2.75, 3.05) is 0 Å². The van der Waals surface area contributed by atoms with Gasteiger partial charge in [-0.05, 0) is 19.8 Å². The summed E-state index contributed by atoms with van der Waals surface area (Å²) in [5, 5.41) is 8.67. The van der Waals surface area contributed by atoms with Crippen molar-refractivity contribution < 1.29 is 9.90 Å². The maximum absolute atomic E-state index is 10.5. The van der Waals surface area contributed by atoms with E-state index in [1.807, 2.05) is 6.92 Å². The van der Waals surface area contributed by atoms with E-state index in [9.17, 15) is 4.79 Å². The van der Waals surface area contributed by atoms with Gasteiger partial charge in [0.25, 0.3) is 0 Å². The standard InChI is InChI=1S/C7H13NO2/c1-7(8)4-2-3-5(7)6(9)10/h5H,2-4,8H2,1H3,(H,9,10)/t5-,7-/m0/s1. The van der Waals surface area contributed by atoms with E-state index in [0.717, 1.165) is 19.3 Å². The van der Waals surface area contributed by atoms with Crippen LogP contribution in [0.2, 0.25) is 0 Å². The van der Waals surface area contributed by atoms with Gasteiger partial charge in [0.05, 0.1) is 5.92 Å². The Labute approximate surface area is 60.2 Å². The topological polar surface area (TPSA) is 63.3 Å². The summed E-state index contributed by atoms with van der Waals surface area (Å²) in [7, 11) is 0. The summed E-state index contributed by atoms with van der Waals surface area (Å²) >= 11 is 0. The highest BCUT2D eigenvalue weighted by Crippen LogP contribution is 2.33. The number of carbonyl (C=O) groups is 1. The average Bonchev–Trinajstić information content (AvgIpc) is 2.08. The van der Waals surface area contributed by atoms with Gasteiger partial charge in [-0.15, -0.1) is 0 Å². The van der Waals surface area contributed by atoms with Gasteiger partial charge >= 0.3 is 5.97 Å². The normalized spacial score (nSPS) is 40.0. The molecule has 3 heteroatoms. The first-order valence-corrected chi connectivity index (χ1v) is 3.56. The highest BCUT2D eigenvalue weighted by Gasteiger charge is 2.39. The minimum Gasteiger partial charge on any atom is -0.481 e. The van der Waals surface area contributed by atoms with Crippen molar-refractivity contribution >= 4 is 5.97 Å². The molecule has 1 rings (SSSR count). The lowest BCUT2D eigenvalue weighted by Crippen LogP contribution is -2.43. The fraction of sp³-hybridized carbons (Fsp3) is 0.857. The summed E-state index contributed by atoms with van der Waals surface area (Å²) in [4.78, 5) is 10.5. The van der Waals surface area contributed by atoms with Crippen LogP contribution in [0.4, 0.5) is 0 Å². The smallest absolute Gasteiger partial charge is 0.308 e. The van der Waals surface area contributed by atoms with Crippen LogP contribution in [-0.2, 0) is 4.79 Å². The van der Waals surface area contributed by atoms with Crippen molar-refractivity contribution in [2.24, 2.45) is 11.7 Å². The first kappa shape index (κ1) is 7.54. The highest BCUT2D eigenvalue weighted by atomic mass is 16.4. The Morgan fingerprint density at radius 1 is 1.80 bits per heavy atom. The maximum Gasteiger partial charge on any atom is 0.308 e. The number of rotatable bonds is 1. The van der Waals surface area contributed by atoms with E-state index in [-0.39, 0.29) is 5.92 Å². The van der Waals surface area contributed by atoms with Crippen molar-refractivity contribution in [1.82, 2.24) is 0 Å².